The molecular formula is C20H29NO5. The molecule has 2 atom stereocenters. The Bertz CT molecular complexity index is 582. The topological polar surface area (TPSA) is 73.9 Å². The first kappa shape index (κ1) is 20.2. The maximum Gasteiger partial charge on any atom is 0.337 e. The molecule has 1 amide bonds. The monoisotopic (exact) mass is 363 g/mol. The van der Waals surface area contributed by atoms with Crippen molar-refractivity contribution in [2.24, 2.45) is 5.92 Å². The van der Waals surface area contributed by atoms with Crippen LogP contribution in [0.4, 0.5) is 0 Å². The lowest BCUT2D eigenvalue weighted by Crippen LogP contribution is -2.49. The summed E-state index contributed by atoms with van der Waals surface area (Å²) in [6.07, 6.45) is 3.37. The van der Waals surface area contributed by atoms with Crippen molar-refractivity contribution in [2.75, 3.05) is 13.7 Å². The summed E-state index contributed by atoms with van der Waals surface area (Å²) in [5.74, 6) is 0.681. The Morgan fingerprint density at radius 1 is 1.23 bits per heavy atom. The van der Waals surface area contributed by atoms with Crippen LogP contribution in [0.15, 0.2) is 24.3 Å². The van der Waals surface area contributed by atoms with Gasteiger partial charge in [0.25, 0.3) is 0 Å². The van der Waals surface area contributed by atoms with Crippen LogP contribution >= 0.6 is 0 Å². The smallest absolute Gasteiger partial charge is 0.337 e. The average molecular weight is 363 g/mol. The van der Waals surface area contributed by atoms with Crippen molar-refractivity contribution in [1.29, 1.82) is 0 Å². The summed E-state index contributed by atoms with van der Waals surface area (Å²) < 4.78 is 16.3. The summed E-state index contributed by atoms with van der Waals surface area (Å²) in [7, 11) is 1.61. The lowest BCUT2D eigenvalue weighted by molar-refractivity contribution is -0.160. The lowest BCUT2D eigenvalue weighted by atomic mass is 9.80. The zero-order chi connectivity index (χ0) is 18.9. The van der Waals surface area contributed by atoms with Gasteiger partial charge in [-0.15, -0.1) is 0 Å². The molecule has 0 bridgehead atoms. The fourth-order valence-electron chi connectivity index (χ4n) is 3.09. The molecule has 0 aliphatic heterocycles. The molecule has 1 aliphatic rings. The molecule has 26 heavy (non-hydrogen) atoms. The minimum atomic E-state index is -0.818. The summed E-state index contributed by atoms with van der Waals surface area (Å²) in [5.41, 5.74) is 0.922. The van der Waals surface area contributed by atoms with Crippen LogP contribution < -0.4 is 10.1 Å². The second-order valence-corrected chi connectivity index (χ2v) is 6.67. The summed E-state index contributed by atoms with van der Waals surface area (Å²) in [6.45, 7) is 3.75. The fourth-order valence-corrected chi connectivity index (χ4v) is 3.09. The molecule has 0 radical (unpaired) electrons. The minimum absolute atomic E-state index is 0.170. The zero-order valence-electron chi connectivity index (χ0n) is 15.8. The Morgan fingerprint density at radius 2 is 1.92 bits per heavy atom. The summed E-state index contributed by atoms with van der Waals surface area (Å²) >= 11 is 0. The number of methoxy groups -OCH3 is 1. The molecule has 0 aromatic heterocycles. The van der Waals surface area contributed by atoms with E-state index in [4.69, 9.17) is 14.2 Å². The normalized spacial score (nSPS) is 16.3. The molecule has 0 heterocycles. The van der Waals surface area contributed by atoms with Gasteiger partial charge in [-0.05, 0) is 37.0 Å². The van der Waals surface area contributed by atoms with Crippen LogP contribution in [0.2, 0.25) is 0 Å². The molecular weight excluding hydrogens is 334 g/mol. The van der Waals surface area contributed by atoms with Gasteiger partial charge in [-0.1, -0.05) is 31.4 Å². The van der Waals surface area contributed by atoms with Gasteiger partial charge >= 0.3 is 5.97 Å². The van der Waals surface area contributed by atoms with E-state index in [1.165, 1.54) is 13.3 Å². The van der Waals surface area contributed by atoms with Crippen LogP contribution in [-0.2, 0) is 25.7 Å². The largest absolute Gasteiger partial charge is 0.497 e. The summed E-state index contributed by atoms with van der Waals surface area (Å²) in [6, 6.07) is 7.09. The van der Waals surface area contributed by atoms with E-state index in [0.29, 0.717) is 5.92 Å². The number of carbonyl (C=O) groups excluding carboxylic acids is 2. The van der Waals surface area contributed by atoms with E-state index in [0.717, 1.165) is 30.6 Å². The van der Waals surface area contributed by atoms with Crippen LogP contribution in [0.1, 0.15) is 45.1 Å². The van der Waals surface area contributed by atoms with Crippen molar-refractivity contribution in [1.82, 2.24) is 5.32 Å². The average Bonchev–Trinajstić information content (AvgIpc) is 2.58. The first-order valence-electron chi connectivity index (χ1n) is 9.21. The second-order valence-electron chi connectivity index (χ2n) is 6.67. The predicted octanol–water partition coefficient (Wildman–Crippen LogP) is 2.84. The first-order chi connectivity index (χ1) is 12.5. The highest BCUT2D eigenvalue weighted by molar-refractivity contribution is 5.78. The first-order valence-corrected chi connectivity index (χ1v) is 9.21. The molecule has 1 aromatic carbocycles. The fraction of sp³-hybridized carbons (Fsp3) is 0.600. The van der Waals surface area contributed by atoms with Crippen LogP contribution in [0.3, 0.4) is 0 Å². The number of nitrogens with one attached hydrogen (secondary N) is 1. The van der Waals surface area contributed by atoms with Crippen molar-refractivity contribution in [3.05, 3.63) is 29.8 Å². The molecule has 6 nitrogen and oxygen atoms in total. The van der Waals surface area contributed by atoms with E-state index in [1.54, 1.807) is 14.0 Å². The van der Waals surface area contributed by atoms with E-state index < -0.39 is 12.1 Å². The number of benzene rings is 1. The SMILES string of the molecule is CCOC(=O)C(OCc1ccc(OC)cc1)C(CC1CCC1)NC(C)=O. The van der Waals surface area contributed by atoms with Gasteiger partial charge in [-0.25, -0.2) is 4.79 Å². The number of amides is 1. The quantitative estimate of drug-likeness (QED) is 0.647. The highest BCUT2D eigenvalue weighted by Gasteiger charge is 2.34. The zero-order valence-corrected chi connectivity index (χ0v) is 15.8. The van der Waals surface area contributed by atoms with Crippen LogP contribution in [0.5, 0.6) is 5.75 Å². The Labute approximate surface area is 155 Å². The van der Waals surface area contributed by atoms with Gasteiger partial charge in [0.15, 0.2) is 6.10 Å². The van der Waals surface area contributed by atoms with Gasteiger partial charge in [0.1, 0.15) is 5.75 Å². The van der Waals surface area contributed by atoms with Gasteiger partial charge in [0, 0.05) is 6.92 Å². The van der Waals surface area contributed by atoms with Crippen LogP contribution in [0.25, 0.3) is 0 Å². The third kappa shape index (κ3) is 6.02. The third-order valence-electron chi connectivity index (χ3n) is 4.67. The molecule has 6 heteroatoms. The number of esters is 1. The Kier molecular flexibility index (Phi) is 7.91. The molecule has 1 aromatic rings. The number of hydrogen-bond acceptors (Lipinski definition) is 5. The standard InChI is InChI=1S/C20H29NO5/c1-4-25-20(23)19(18(21-14(2)22)12-15-6-5-7-15)26-13-16-8-10-17(24-3)11-9-16/h8-11,15,18-19H,4-7,12-13H2,1-3H3,(H,21,22). The molecule has 1 fully saturated rings. The summed E-state index contributed by atoms with van der Waals surface area (Å²) in [5, 5.41) is 2.89. The molecule has 2 rings (SSSR count). The maximum atomic E-state index is 12.5. The molecule has 0 saturated heterocycles. The Hall–Kier alpha value is -2.08. The van der Waals surface area contributed by atoms with E-state index in [-0.39, 0.29) is 25.2 Å². The van der Waals surface area contributed by atoms with Crippen LogP contribution in [-0.4, -0.2) is 37.7 Å². The van der Waals surface area contributed by atoms with Crippen LogP contribution in [0, 0.1) is 5.92 Å². The molecule has 1 saturated carbocycles. The number of carbonyl (C=O) groups is 2. The molecule has 1 N–H and O–H groups in total. The van der Waals surface area contributed by atoms with Gasteiger partial charge in [-0.3, -0.25) is 4.79 Å². The third-order valence-corrected chi connectivity index (χ3v) is 4.67. The second kappa shape index (κ2) is 10.2. The maximum absolute atomic E-state index is 12.5. The molecule has 144 valence electrons. The Balaban J connectivity index is 2.07. The van der Waals surface area contributed by atoms with E-state index in [1.807, 2.05) is 24.3 Å². The van der Waals surface area contributed by atoms with Crippen molar-refractivity contribution in [2.45, 2.75) is 58.3 Å². The number of ether oxygens (including phenoxy) is 3. The van der Waals surface area contributed by atoms with E-state index in [2.05, 4.69) is 5.32 Å². The van der Waals surface area contributed by atoms with Gasteiger partial charge in [0.05, 0.1) is 26.4 Å². The van der Waals surface area contributed by atoms with Crippen molar-refractivity contribution < 1.29 is 23.8 Å². The highest BCUT2D eigenvalue weighted by Crippen LogP contribution is 2.31. The highest BCUT2D eigenvalue weighted by atomic mass is 16.6. The molecule has 1 aliphatic carbocycles. The van der Waals surface area contributed by atoms with Crippen molar-refractivity contribution in [3.63, 3.8) is 0 Å². The van der Waals surface area contributed by atoms with Gasteiger partial charge < -0.3 is 19.5 Å². The van der Waals surface area contributed by atoms with Gasteiger partial charge in [0.2, 0.25) is 5.91 Å². The summed E-state index contributed by atoms with van der Waals surface area (Å²) in [4.78, 5) is 24.1. The van der Waals surface area contributed by atoms with E-state index in [9.17, 15) is 9.59 Å². The lowest BCUT2D eigenvalue weighted by Gasteiger charge is -2.33. The van der Waals surface area contributed by atoms with E-state index >= 15 is 0 Å². The Morgan fingerprint density at radius 3 is 2.42 bits per heavy atom. The predicted molar refractivity (Wildman–Crippen MR) is 97.8 cm³/mol. The number of rotatable bonds is 10. The minimum Gasteiger partial charge on any atom is -0.497 e. The van der Waals surface area contributed by atoms with Gasteiger partial charge in [-0.2, -0.15) is 0 Å². The van der Waals surface area contributed by atoms with Crippen molar-refractivity contribution >= 4 is 11.9 Å². The number of hydrogen-bond donors (Lipinski definition) is 1. The van der Waals surface area contributed by atoms with Crippen molar-refractivity contribution in [3.8, 4) is 5.75 Å². The molecule has 2 unspecified atom stereocenters. The molecule has 0 spiro atoms.